The van der Waals surface area contributed by atoms with Crippen LogP contribution in [0.15, 0.2) is 18.2 Å². The fourth-order valence-corrected chi connectivity index (χ4v) is 3.08. The quantitative estimate of drug-likeness (QED) is 0.896. The number of nitrogens with one attached hydrogen (secondary N) is 1. The van der Waals surface area contributed by atoms with Gasteiger partial charge in [0.1, 0.15) is 5.75 Å². The molecule has 1 aliphatic rings. The number of rotatable bonds is 4. The van der Waals surface area contributed by atoms with Gasteiger partial charge in [0, 0.05) is 11.6 Å². The number of aryl methyl sites for hydroxylation is 1. The van der Waals surface area contributed by atoms with Gasteiger partial charge in [0.05, 0.1) is 19.1 Å². The van der Waals surface area contributed by atoms with Crippen molar-refractivity contribution in [2.45, 2.75) is 51.6 Å². The summed E-state index contributed by atoms with van der Waals surface area (Å²) in [6.45, 7) is 4.03. The summed E-state index contributed by atoms with van der Waals surface area (Å²) in [7, 11) is 1.65. The summed E-state index contributed by atoms with van der Waals surface area (Å²) in [6, 6.07) is 5.92. The molecule has 1 aromatic carbocycles. The van der Waals surface area contributed by atoms with Crippen molar-refractivity contribution < 1.29 is 9.53 Å². The molecule has 116 valence electrons. The molecule has 0 spiro atoms. The SMILES string of the molecule is COc1ccc(C)cc1C(C)NC(=O)C1CCCCC1N. The summed E-state index contributed by atoms with van der Waals surface area (Å²) < 4.78 is 5.39. The van der Waals surface area contributed by atoms with E-state index in [2.05, 4.69) is 11.4 Å². The first kappa shape index (κ1) is 15.8. The van der Waals surface area contributed by atoms with Crippen LogP contribution in [0.5, 0.6) is 5.75 Å². The first-order chi connectivity index (χ1) is 10.0. The van der Waals surface area contributed by atoms with E-state index >= 15 is 0 Å². The van der Waals surface area contributed by atoms with Crippen LogP contribution in [0.3, 0.4) is 0 Å². The van der Waals surface area contributed by atoms with Gasteiger partial charge in [0.2, 0.25) is 5.91 Å². The molecule has 1 amide bonds. The molecule has 4 heteroatoms. The van der Waals surface area contributed by atoms with Crippen molar-refractivity contribution in [3.05, 3.63) is 29.3 Å². The molecule has 1 saturated carbocycles. The van der Waals surface area contributed by atoms with Gasteiger partial charge < -0.3 is 15.8 Å². The highest BCUT2D eigenvalue weighted by atomic mass is 16.5. The zero-order valence-electron chi connectivity index (χ0n) is 13.2. The number of ether oxygens (including phenoxy) is 1. The van der Waals surface area contributed by atoms with Gasteiger partial charge in [-0.3, -0.25) is 4.79 Å². The van der Waals surface area contributed by atoms with Crippen LogP contribution < -0.4 is 15.8 Å². The topological polar surface area (TPSA) is 64.3 Å². The summed E-state index contributed by atoms with van der Waals surface area (Å²) in [5.41, 5.74) is 8.25. The van der Waals surface area contributed by atoms with Crippen molar-refractivity contribution in [2.24, 2.45) is 11.7 Å². The third kappa shape index (κ3) is 3.76. The predicted molar refractivity (Wildman–Crippen MR) is 84.2 cm³/mol. The van der Waals surface area contributed by atoms with Crippen molar-refractivity contribution in [3.8, 4) is 5.75 Å². The molecule has 3 atom stereocenters. The van der Waals surface area contributed by atoms with Crippen LogP contribution in [0.2, 0.25) is 0 Å². The Kier molecular flexibility index (Phi) is 5.23. The largest absolute Gasteiger partial charge is 0.496 e. The summed E-state index contributed by atoms with van der Waals surface area (Å²) in [4.78, 5) is 12.4. The average Bonchev–Trinajstić information content (AvgIpc) is 2.47. The molecule has 2 rings (SSSR count). The lowest BCUT2D eigenvalue weighted by atomic mass is 9.84. The molecule has 0 heterocycles. The number of benzene rings is 1. The van der Waals surface area contributed by atoms with Crippen LogP contribution in [0.25, 0.3) is 0 Å². The zero-order valence-corrected chi connectivity index (χ0v) is 13.2. The Balaban J connectivity index is 2.08. The fourth-order valence-electron chi connectivity index (χ4n) is 3.08. The van der Waals surface area contributed by atoms with E-state index in [1.165, 1.54) is 0 Å². The minimum absolute atomic E-state index is 0.00893. The number of carbonyl (C=O) groups is 1. The van der Waals surface area contributed by atoms with E-state index in [9.17, 15) is 4.79 Å². The second kappa shape index (κ2) is 6.94. The normalized spacial score (nSPS) is 23.4. The number of hydrogen-bond donors (Lipinski definition) is 2. The number of nitrogens with two attached hydrogens (primary N) is 1. The molecule has 4 nitrogen and oxygen atoms in total. The molecule has 0 aromatic heterocycles. The first-order valence-corrected chi connectivity index (χ1v) is 7.73. The highest BCUT2D eigenvalue weighted by Gasteiger charge is 2.29. The minimum atomic E-state index is -0.0820. The predicted octanol–water partition coefficient (Wildman–Crippen LogP) is 2.70. The van der Waals surface area contributed by atoms with Gasteiger partial charge >= 0.3 is 0 Å². The molecule has 3 unspecified atom stereocenters. The van der Waals surface area contributed by atoms with E-state index in [0.717, 1.165) is 42.6 Å². The highest BCUT2D eigenvalue weighted by molar-refractivity contribution is 5.80. The van der Waals surface area contributed by atoms with Gasteiger partial charge in [-0.2, -0.15) is 0 Å². The lowest BCUT2D eigenvalue weighted by Gasteiger charge is -2.29. The van der Waals surface area contributed by atoms with E-state index in [1.807, 2.05) is 26.0 Å². The molecule has 21 heavy (non-hydrogen) atoms. The Labute approximate surface area is 127 Å². The molecule has 0 aliphatic heterocycles. The zero-order chi connectivity index (χ0) is 15.4. The van der Waals surface area contributed by atoms with E-state index in [1.54, 1.807) is 7.11 Å². The maximum absolute atomic E-state index is 12.4. The van der Waals surface area contributed by atoms with Gasteiger partial charge in [-0.25, -0.2) is 0 Å². The first-order valence-electron chi connectivity index (χ1n) is 7.73. The maximum Gasteiger partial charge on any atom is 0.225 e. The van der Waals surface area contributed by atoms with Crippen molar-refractivity contribution in [1.82, 2.24) is 5.32 Å². The standard InChI is InChI=1S/C17H26N2O2/c1-11-8-9-16(21-3)14(10-11)12(2)19-17(20)13-6-4-5-7-15(13)18/h8-10,12-13,15H,4-7,18H2,1-3H3,(H,19,20). The van der Waals surface area contributed by atoms with Gasteiger partial charge in [-0.05, 0) is 32.8 Å². The molecule has 0 saturated heterocycles. The summed E-state index contributed by atoms with van der Waals surface area (Å²) >= 11 is 0. The summed E-state index contributed by atoms with van der Waals surface area (Å²) in [5, 5.41) is 3.10. The van der Waals surface area contributed by atoms with Gasteiger partial charge in [0.15, 0.2) is 0 Å². The Hall–Kier alpha value is -1.55. The molecule has 1 fully saturated rings. The lowest BCUT2D eigenvalue weighted by Crippen LogP contribution is -2.44. The number of methoxy groups -OCH3 is 1. The van der Waals surface area contributed by atoms with Gasteiger partial charge in [-0.1, -0.05) is 30.5 Å². The van der Waals surface area contributed by atoms with Crippen LogP contribution in [-0.4, -0.2) is 19.1 Å². The third-order valence-corrected chi connectivity index (χ3v) is 4.37. The molecule has 1 aliphatic carbocycles. The Morgan fingerprint density at radius 3 is 2.76 bits per heavy atom. The van der Waals surface area contributed by atoms with E-state index in [-0.39, 0.29) is 23.9 Å². The minimum Gasteiger partial charge on any atom is -0.496 e. The van der Waals surface area contributed by atoms with E-state index in [4.69, 9.17) is 10.5 Å². The Bertz CT molecular complexity index is 502. The Morgan fingerprint density at radius 2 is 2.10 bits per heavy atom. The smallest absolute Gasteiger partial charge is 0.225 e. The molecule has 0 bridgehead atoms. The average molecular weight is 290 g/mol. The molecule has 0 radical (unpaired) electrons. The molecule has 3 N–H and O–H groups in total. The molecule has 1 aromatic rings. The summed E-state index contributed by atoms with van der Waals surface area (Å²) in [6.07, 6.45) is 4.06. The third-order valence-electron chi connectivity index (χ3n) is 4.37. The summed E-state index contributed by atoms with van der Waals surface area (Å²) in [5.74, 6) is 0.816. The van der Waals surface area contributed by atoms with Crippen molar-refractivity contribution in [1.29, 1.82) is 0 Å². The lowest BCUT2D eigenvalue weighted by molar-refractivity contribution is -0.127. The second-order valence-electron chi connectivity index (χ2n) is 6.03. The Morgan fingerprint density at radius 1 is 1.38 bits per heavy atom. The van der Waals surface area contributed by atoms with Crippen LogP contribution in [0.1, 0.15) is 49.8 Å². The van der Waals surface area contributed by atoms with E-state index < -0.39 is 0 Å². The van der Waals surface area contributed by atoms with Crippen LogP contribution in [0, 0.1) is 12.8 Å². The monoisotopic (exact) mass is 290 g/mol. The van der Waals surface area contributed by atoms with Gasteiger partial charge in [-0.15, -0.1) is 0 Å². The fraction of sp³-hybridized carbons (Fsp3) is 0.588. The number of hydrogen-bond acceptors (Lipinski definition) is 3. The van der Waals surface area contributed by atoms with Crippen LogP contribution in [0.4, 0.5) is 0 Å². The highest BCUT2D eigenvalue weighted by Crippen LogP contribution is 2.28. The molecular formula is C17H26N2O2. The maximum atomic E-state index is 12.4. The molecular weight excluding hydrogens is 264 g/mol. The van der Waals surface area contributed by atoms with Crippen molar-refractivity contribution in [3.63, 3.8) is 0 Å². The van der Waals surface area contributed by atoms with Crippen LogP contribution >= 0.6 is 0 Å². The van der Waals surface area contributed by atoms with E-state index in [0.29, 0.717) is 0 Å². The number of carbonyl (C=O) groups excluding carboxylic acids is 1. The van der Waals surface area contributed by atoms with Crippen molar-refractivity contribution >= 4 is 5.91 Å². The number of amides is 1. The van der Waals surface area contributed by atoms with Crippen molar-refractivity contribution in [2.75, 3.05) is 7.11 Å². The van der Waals surface area contributed by atoms with Gasteiger partial charge in [0.25, 0.3) is 0 Å². The van der Waals surface area contributed by atoms with Crippen LogP contribution in [-0.2, 0) is 4.79 Å². The second-order valence-corrected chi connectivity index (χ2v) is 6.03.